The number of aryl methyl sites for hydroxylation is 1. The number of carbonyl (C=O) groups excluding carboxylic acids is 2. The molecule has 3 N–H and O–H groups in total. The fourth-order valence-electron chi connectivity index (χ4n) is 4.35. The van der Waals surface area contributed by atoms with Crippen LogP contribution in [-0.2, 0) is 16.0 Å². The van der Waals surface area contributed by atoms with E-state index in [1.165, 1.54) is 11.8 Å². The van der Waals surface area contributed by atoms with Crippen molar-refractivity contribution in [2.45, 2.75) is 43.2 Å². The number of carbonyl (C=O) groups is 2. The molecule has 2 aromatic heterocycles. The third-order valence-electron chi connectivity index (χ3n) is 6.17. The zero-order chi connectivity index (χ0) is 26.4. The van der Waals surface area contributed by atoms with Gasteiger partial charge in [-0.15, -0.1) is 0 Å². The number of aromatic amines is 1. The normalized spacial score (nSPS) is 14.0. The number of hydrogen-bond donors (Lipinski definition) is 3. The highest BCUT2D eigenvalue weighted by atomic mass is 32.2. The van der Waals surface area contributed by atoms with Crippen LogP contribution in [-0.4, -0.2) is 65.5 Å². The molecular weight excluding hydrogens is 490 g/mol. The number of Topliss-reactive ketones (excluding diaryl/α,β-unsaturated/α-hetero) is 2. The summed E-state index contributed by atoms with van der Waals surface area (Å²) in [6.07, 6.45) is 1.93. The molecule has 37 heavy (non-hydrogen) atoms. The molecular formula is C26H33N7O3S. The lowest BCUT2D eigenvalue weighted by Gasteiger charge is -2.33. The van der Waals surface area contributed by atoms with Crippen molar-refractivity contribution < 1.29 is 14.3 Å². The van der Waals surface area contributed by atoms with Gasteiger partial charge in [-0.25, -0.2) is 9.97 Å². The molecule has 0 spiro atoms. The predicted molar refractivity (Wildman–Crippen MR) is 144 cm³/mol. The quantitative estimate of drug-likeness (QED) is 0.321. The van der Waals surface area contributed by atoms with E-state index in [4.69, 9.17) is 14.7 Å². The Morgan fingerprint density at radius 1 is 1.19 bits per heavy atom. The van der Waals surface area contributed by atoms with Crippen molar-refractivity contribution in [3.05, 3.63) is 41.6 Å². The molecule has 1 aliphatic heterocycles. The van der Waals surface area contributed by atoms with Gasteiger partial charge in [0, 0.05) is 42.1 Å². The molecule has 1 fully saturated rings. The lowest BCUT2D eigenvalue weighted by molar-refractivity contribution is -0.122. The molecule has 0 radical (unpaired) electrons. The van der Waals surface area contributed by atoms with Crippen LogP contribution in [0.5, 0.6) is 5.75 Å². The highest BCUT2D eigenvalue weighted by Gasteiger charge is 2.28. The number of benzene rings is 1. The predicted octanol–water partition coefficient (Wildman–Crippen LogP) is 3.55. The standard InChI is InChI=1S/C26H33N7O3S/c1-16-13-22(32-31-16)28-24-23(36-4)25(33-11-9-19(10-12-33)21(35)15-27-3)30-26(29-24)37-20-7-5-18(6-8-20)14-17(2)34/h5-8,13,19,27H,9-12,14-15H2,1-4H3,(H2,28,29,30,31,32). The van der Waals surface area contributed by atoms with E-state index in [9.17, 15) is 9.59 Å². The smallest absolute Gasteiger partial charge is 0.204 e. The largest absolute Gasteiger partial charge is 0.490 e. The number of nitrogens with one attached hydrogen (secondary N) is 3. The molecule has 3 heterocycles. The van der Waals surface area contributed by atoms with Gasteiger partial charge >= 0.3 is 0 Å². The molecule has 0 atom stereocenters. The maximum absolute atomic E-state index is 12.4. The van der Waals surface area contributed by atoms with E-state index in [0.717, 1.165) is 29.0 Å². The number of ketones is 2. The summed E-state index contributed by atoms with van der Waals surface area (Å²) in [5.41, 5.74) is 1.89. The lowest BCUT2D eigenvalue weighted by Crippen LogP contribution is -2.39. The molecule has 1 saturated heterocycles. The SMILES string of the molecule is CNCC(=O)C1CCN(c2nc(Sc3ccc(CC(C)=O)cc3)nc(Nc3cc(C)[nH]n3)c2OC)CC1. The Kier molecular flexibility index (Phi) is 8.78. The minimum absolute atomic E-state index is 0.0449. The van der Waals surface area contributed by atoms with Crippen molar-refractivity contribution in [3.63, 3.8) is 0 Å². The number of rotatable bonds is 11. The second kappa shape index (κ2) is 12.2. The maximum atomic E-state index is 12.4. The van der Waals surface area contributed by atoms with E-state index < -0.39 is 0 Å². The molecule has 196 valence electrons. The molecule has 0 saturated carbocycles. The summed E-state index contributed by atoms with van der Waals surface area (Å²) in [4.78, 5) is 36.6. The van der Waals surface area contributed by atoms with Crippen LogP contribution in [0.4, 0.5) is 17.5 Å². The molecule has 0 amide bonds. The zero-order valence-corrected chi connectivity index (χ0v) is 22.4. The minimum atomic E-state index is 0.0449. The third kappa shape index (κ3) is 6.86. The van der Waals surface area contributed by atoms with Gasteiger partial charge in [0.1, 0.15) is 11.6 Å². The van der Waals surface area contributed by atoms with Crippen LogP contribution < -0.4 is 20.3 Å². The van der Waals surface area contributed by atoms with Crippen LogP contribution in [0, 0.1) is 12.8 Å². The van der Waals surface area contributed by atoms with Gasteiger partial charge < -0.3 is 20.3 Å². The number of ether oxygens (including phenoxy) is 1. The van der Waals surface area contributed by atoms with E-state index in [-0.39, 0.29) is 17.5 Å². The molecule has 11 heteroatoms. The number of methoxy groups -OCH3 is 1. The molecule has 4 rings (SSSR count). The maximum Gasteiger partial charge on any atom is 0.204 e. The van der Waals surface area contributed by atoms with Crippen molar-refractivity contribution in [1.29, 1.82) is 0 Å². The summed E-state index contributed by atoms with van der Waals surface area (Å²) in [6, 6.07) is 9.73. The van der Waals surface area contributed by atoms with Gasteiger partial charge in [-0.3, -0.25) is 14.7 Å². The van der Waals surface area contributed by atoms with E-state index >= 15 is 0 Å². The van der Waals surface area contributed by atoms with Crippen molar-refractivity contribution in [2.24, 2.45) is 5.92 Å². The average Bonchev–Trinajstić information content (AvgIpc) is 3.29. The van der Waals surface area contributed by atoms with Crippen LogP contribution in [0.3, 0.4) is 0 Å². The van der Waals surface area contributed by atoms with Gasteiger partial charge in [0.25, 0.3) is 0 Å². The molecule has 0 bridgehead atoms. The average molecular weight is 524 g/mol. The topological polar surface area (TPSA) is 125 Å². The molecule has 10 nitrogen and oxygen atoms in total. The first kappa shape index (κ1) is 26.6. The Labute approximate surface area is 221 Å². The Hall–Kier alpha value is -3.44. The molecule has 1 aliphatic rings. The first-order chi connectivity index (χ1) is 17.9. The second-order valence-electron chi connectivity index (χ2n) is 9.16. The van der Waals surface area contributed by atoms with E-state index in [2.05, 4.69) is 25.7 Å². The number of hydrogen-bond acceptors (Lipinski definition) is 10. The molecule has 1 aromatic carbocycles. The third-order valence-corrected chi connectivity index (χ3v) is 7.04. The first-order valence-electron chi connectivity index (χ1n) is 12.3. The summed E-state index contributed by atoms with van der Waals surface area (Å²) in [6.45, 7) is 5.29. The Balaban J connectivity index is 1.63. The lowest BCUT2D eigenvalue weighted by atomic mass is 9.92. The van der Waals surface area contributed by atoms with Gasteiger partial charge in [0.05, 0.1) is 13.7 Å². The molecule has 0 unspecified atom stereocenters. The molecule has 3 aromatic rings. The van der Waals surface area contributed by atoms with E-state index in [1.807, 2.05) is 37.3 Å². The Morgan fingerprint density at radius 3 is 2.51 bits per heavy atom. The van der Waals surface area contributed by atoms with Crippen LogP contribution in [0.25, 0.3) is 0 Å². The number of H-pyrrole nitrogens is 1. The summed E-state index contributed by atoms with van der Waals surface area (Å²) in [5.74, 6) is 2.78. The van der Waals surface area contributed by atoms with E-state index in [0.29, 0.717) is 54.4 Å². The van der Waals surface area contributed by atoms with Gasteiger partial charge in [-0.1, -0.05) is 12.1 Å². The Bertz CT molecular complexity index is 1240. The van der Waals surface area contributed by atoms with Crippen LogP contribution in [0.1, 0.15) is 31.0 Å². The Morgan fingerprint density at radius 2 is 1.92 bits per heavy atom. The summed E-state index contributed by atoms with van der Waals surface area (Å²) >= 11 is 1.43. The highest BCUT2D eigenvalue weighted by Crippen LogP contribution is 2.39. The van der Waals surface area contributed by atoms with Crippen molar-refractivity contribution in [1.82, 2.24) is 25.5 Å². The highest BCUT2D eigenvalue weighted by molar-refractivity contribution is 7.99. The summed E-state index contributed by atoms with van der Waals surface area (Å²) in [5, 5.41) is 14.0. The second-order valence-corrected chi connectivity index (χ2v) is 10.2. The number of piperidine rings is 1. The van der Waals surface area contributed by atoms with Crippen molar-refractivity contribution in [2.75, 3.05) is 44.0 Å². The first-order valence-corrected chi connectivity index (χ1v) is 13.1. The summed E-state index contributed by atoms with van der Waals surface area (Å²) in [7, 11) is 3.40. The summed E-state index contributed by atoms with van der Waals surface area (Å²) < 4.78 is 5.79. The number of anilines is 3. The van der Waals surface area contributed by atoms with Gasteiger partial charge in [0.15, 0.2) is 22.6 Å². The van der Waals surface area contributed by atoms with Crippen LogP contribution >= 0.6 is 11.8 Å². The van der Waals surface area contributed by atoms with Crippen LogP contribution in [0.15, 0.2) is 40.4 Å². The zero-order valence-electron chi connectivity index (χ0n) is 21.6. The van der Waals surface area contributed by atoms with Gasteiger partial charge in [-0.2, -0.15) is 5.10 Å². The van der Waals surface area contributed by atoms with Gasteiger partial charge in [-0.05, 0) is 63.2 Å². The van der Waals surface area contributed by atoms with E-state index in [1.54, 1.807) is 21.1 Å². The van der Waals surface area contributed by atoms with Crippen molar-refractivity contribution >= 4 is 40.8 Å². The number of aromatic nitrogens is 4. The monoisotopic (exact) mass is 523 g/mol. The van der Waals surface area contributed by atoms with Crippen LogP contribution in [0.2, 0.25) is 0 Å². The van der Waals surface area contributed by atoms with Crippen molar-refractivity contribution in [3.8, 4) is 5.75 Å². The fourth-order valence-corrected chi connectivity index (χ4v) is 5.11. The number of likely N-dealkylation sites (N-methyl/N-ethyl adjacent to an activating group) is 1. The number of nitrogens with zero attached hydrogens (tertiary/aromatic N) is 4. The van der Waals surface area contributed by atoms with Gasteiger partial charge in [0.2, 0.25) is 5.75 Å². The minimum Gasteiger partial charge on any atom is -0.490 e. The molecule has 0 aliphatic carbocycles. The fraction of sp³-hybridized carbons (Fsp3) is 0.423.